The lowest BCUT2D eigenvalue weighted by Gasteiger charge is -2.20. The molecule has 3 rings (SSSR count). The van der Waals surface area contributed by atoms with Gasteiger partial charge in [-0.2, -0.15) is 0 Å². The highest BCUT2D eigenvalue weighted by molar-refractivity contribution is 7.89. The zero-order chi connectivity index (χ0) is 22.3. The third-order valence-electron chi connectivity index (χ3n) is 4.69. The van der Waals surface area contributed by atoms with Gasteiger partial charge in [-0.3, -0.25) is 9.59 Å². The van der Waals surface area contributed by atoms with Crippen LogP contribution in [0.5, 0.6) is 0 Å². The Morgan fingerprint density at radius 1 is 0.935 bits per heavy atom. The van der Waals surface area contributed by atoms with Gasteiger partial charge in [-0.05, 0) is 42.0 Å². The van der Waals surface area contributed by atoms with Gasteiger partial charge in [0.1, 0.15) is 0 Å². The molecule has 7 nitrogen and oxygen atoms in total. The minimum atomic E-state index is -3.77. The molecule has 0 saturated heterocycles. The zero-order valence-electron chi connectivity index (χ0n) is 17.2. The lowest BCUT2D eigenvalue weighted by atomic mass is 10.1. The molecule has 0 heterocycles. The number of para-hydroxylation sites is 1. The van der Waals surface area contributed by atoms with Gasteiger partial charge in [0, 0.05) is 18.8 Å². The molecule has 0 aliphatic carbocycles. The summed E-state index contributed by atoms with van der Waals surface area (Å²) in [6.45, 7) is 1.73. The van der Waals surface area contributed by atoms with E-state index in [0.717, 1.165) is 10.8 Å². The van der Waals surface area contributed by atoms with Crippen LogP contribution in [-0.4, -0.2) is 40.0 Å². The van der Waals surface area contributed by atoms with Crippen LogP contribution in [0.3, 0.4) is 0 Å². The van der Waals surface area contributed by atoms with Gasteiger partial charge in [-0.25, -0.2) is 13.1 Å². The number of nitrogens with one attached hydrogen (secondary N) is 1. The van der Waals surface area contributed by atoms with Crippen LogP contribution in [-0.2, 0) is 24.3 Å². The number of benzene rings is 3. The standard InChI is InChI=1S/C23H24N2O5S/c1-2-25(20-10-4-3-5-11-20)22(26)17-30-23(27)14-15-24-31(28,29)21-13-12-18-8-6-7-9-19(18)16-21/h3-13,16,24H,2,14-15,17H2,1H3. The fourth-order valence-corrected chi connectivity index (χ4v) is 4.18. The van der Waals surface area contributed by atoms with E-state index in [0.29, 0.717) is 12.2 Å². The normalized spacial score (nSPS) is 11.3. The zero-order valence-corrected chi connectivity index (χ0v) is 18.0. The van der Waals surface area contributed by atoms with E-state index in [-0.39, 0.29) is 23.8 Å². The van der Waals surface area contributed by atoms with Crippen molar-refractivity contribution in [2.75, 3.05) is 24.6 Å². The number of nitrogens with zero attached hydrogens (tertiary/aromatic N) is 1. The molecule has 0 saturated carbocycles. The Bertz CT molecular complexity index is 1160. The maximum Gasteiger partial charge on any atom is 0.307 e. The third-order valence-corrected chi connectivity index (χ3v) is 6.15. The summed E-state index contributed by atoms with van der Waals surface area (Å²) in [5.41, 5.74) is 0.717. The predicted molar refractivity (Wildman–Crippen MR) is 119 cm³/mol. The van der Waals surface area contributed by atoms with Crippen molar-refractivity contribution in [3.8, 4) is 0 Å². The number of anilines is 1. The average Bonchev–Trinajstić information content (AvgIpc) is 2.78. The maximum atomic E-state index is 12.5. The Morgan fingerprint density at radius 3 is 2.32 bits per heavy atom. The molecule has 0 fully saturated rings. The monoisotopic (exact) mass is 440 g/mol. The maximum absolute atomic E-state index is 12.5. The minimum Gasteiger partial charge on any atom is -0.456 e. The molecule has 8 heteroatoms. The molecule has 0 aromatic heterocycles. The van der Waals surface area contributed by atoms with Crippen molar-refractivity contribution < 1.29 is 22.7 Å². The summed E-state index contributed by atoms with van der Waals surface area (Å²) < 4.78 is 32.4. The molecule has 0 atom stereocenters. The fourth-order valence-electron chi connectivity index (χ4n) is 3.11. The quantitative estimate of drug-likeness (QED) is 0.516. The molecule has 0 aliphatic rings. The number of ether oxygens (including phenoxy) is 1. The summed E-state index contributed by atoms with van der Waals surface area (Å²) in [4.78, 5) is 25.9. The van der Waals surface area contributed by atoms with Gasteiger partial charge in [0.2, 0.25) is 10.0 Å². The van der Waals surface area contributed by atoms with Gasteiger partial charge < -0.3 is 9.64 Å². The Morgan fingerprint density at radius 2 is 1.61 bits per heavy atom. The second-order valence-electron chi connectivity index (χ2n) is 6.79. The van der Waals surface area contributed by atoms with E-state index in [9.17, 15) is 18.0 Å². The first-order chi connectivity index (χ1) is 14.9. The van der Waals surface area contributed by atoms with Crippen LogP contribution in [0.25, 0.3) is 10.8 Å². The molecule has 0 spiro atoms. The first kappa shape index (κ1) is 22.5. The van der Waals surface area contributed by atoms with Gasteiger partial charge in [0.05, 0.1) is 11.3 Å². The molecular weight excluding hydrogens is 416 g/mol. The van der Waals surface area contributed by atoms with Gasteiger partial charge >= 0.3 is 5.97 Å². The lowest BCUT2D eigenvalue weighted by molar-refractivity contribution is -0.147. The molecule has 3 aromatic carbocycles. The van der Waals surface area contributed by atoms with Crippen LogP contribution in [0.1, 0.15) is 13.3 Å². The van der Waals surface area contributed by atoms with E-state index in [4.69, 9.17) is 4.74 Å². The van der Waals surface area contributed by atoms with Gasteiger partial charge in [-0.15, -0.1) is 0 Å². The molecule has 0 unspecified atom stereocenters. The smallest absolute Gasteiger partial charge is 0.307 e. The number of hydrogen-bond donors (Lipinski definition) is 1. The number of sulfonamides is 1. The molecule has 162 valence electrons. The largest absolute Gasteiger partial charge is 0.456 e. The van der Waals surface area contributed by atoms with E-state index in [1.54, 1.807) is 24.3 Å². The summed E-state index contributed by atoms with van der Waals surface area (Å²) in [7, 11) is -3.77. The SMILES string of the molecule is CCN(C(=O)COC(=O)CCNS(=O)(=O)c1ccc2ccccc2c1)c1ccccc1. The summed E-state index contributed by atoms with van der Waals surface area (Å²) in [5, 5.41) is 1.74. The second kappa shape index (κ2) is 10.2. The van der Waals surface area contributed by atoms with Crippen molar-refractivity contribution in [3.63, 3.8) is 0 Å². The van der Waals surface area contributed by atoms with Gasteiger partial charge in [0.25, 0.3) is 5.91 Å². The highest BCUT2D eigenvalue weighted by Gasteiger charge is 2.17. The molecule has 31 heavy (non-hydrogen) atoms. The van der Waals surface area contributed by atoms with Crippen LogP contribution in [0, 0.1) is 0 Å². The van der Waals surface area contributed by atoms with Crippen LogP contribution in [0.15, 0.2) is 77.7 Å². The average molecular weight is 441 g/mol. The van der Waals surface area contributed by atoms with Crippen molar-refractivity contribution in [1.29, 1.82) is 0 Å². The van der Waals surface area contributed by atoms with Crippen molar-refractivity contribution in [3.05, 3.63) is 72.8 Å². The molecule has 0 bridgehead atoms. The Balaban J connectivity index is 1.49. The van der Waals surface area contributed by atoms with Crippen molar-refractivity contribution in [2.24, 2.45) is 0 Å². The molecule has 0 radical (unpaired) electrons. The number of carbonyl (C=O) groups is 2. The van der Waals surface area contributed by atoms with E-state index in [2.05, 4.69) is 4.72 Å². The van der Waals surface area contributed by atoms with Crippen LogP contribution < -0.4 is 9.62 Å². The number of carbonyl (C=O) groups excluding carboxylic acids is 2. The molecular formula is C23H24N2O5S. The van der Waals surface area contributed by atoms with Gasteiger partial charge in [0.15, 0.2) is 6.61 Å². The Labute approximate surface area is 181 Å². The Hall–Kier alpha value is -3.23. The van der Waals surface area contributed by atoms with E-state index >= 15 is 0 Å². The fraction of sp³-hybridized carbons (Fsp3) is 0.217. The highest BCUT2D eigenvalue weighted by atomic mass is 32.2. The summed E-state index contributed by atoms with van der Waals surface area (Å²) in [6, 6.07) is 21.4. The second-order valence-corrected chi connectivity index (χ2v) is 8.56. The number of hydrogen-bond acceptors (Lipinski definition) is 5. The number of esters is 1. The first-order valence-corrected chi connectivity index (χ1v) is 11.4. The topological polar surface area (TPSA) is 92.8 Å². The Kier molecular flexibility index (Phi) is 7.38. The van der Waals surface area contributed by atoms with Crippen molar-refractivity contribution >= 4 is 38.4 Å². The summed E-state index contributed by atoms with van der Waals surface area (Å²) in [5.74, 6) is -1.00. The van der Waals surface area contributed by atoms with Crippen LogP contribution in [0.2, 0.25) is 0 Å². The van der Waals surface area contributed by atoms with Crippen molar-refractivity contribution in [2.45, 2.75) is 18.2 Å². The van der Waals surface area contributed by atoms with E-state index < -0.39 is 22.6 Å². The van der Waals surface area contributed by atoms with E-state index in [1.807, 2.05) is 49.4 Å². The third kappa shape index (κ3) is 5.90. The van der Waals surface area contributed by atoms with Gasteiger partial charge in [-0.1, -0.05) is 48.5 Å². The number of fused-ring (bicyclic) bond motifs is 1. The minimum absolute atomic E-state index is 0.121. The molecule has 3 aromatic rings. The first-order valence-electron chi connectivity index (χ1n) is 9.90. The number of rotatable bonds is 9. The molecule has 1 N–H and O–H groups in total. The molecule has 0 aliphatic heterocycles. The summed E-state index contributed by atoms with van der Waals surface area (Å²) in [6.07, 6.45) is -0.183. The number of likely N-dealkylation sites (N-methyl/N-ethyl adjacent to an activating group) is 1. The number of amides is 1. The van der Waals surface area contributed by atoms with Crippen LogP contribution in [0.4, 0.5) is 5.69 Å². The predicted octanol–water partition coefficient (Wildman–Crippen LogP) is 3.10. The lowest BCUT2D eigenvalue weighted by Crippen LogP contribution is -2.35. The van der Waals surface area contributed by atoms with Crippen LogP contribution >= 0.6 is 0 Å². The highest BCUT2D eigenvalue weighted by Crippen LogP contribution is 2.19. The van der Waals surface area contributed by atoms with Crippen molar-refractivity contribution in [1.82, 2.24) is 4.72 Å². The van der Waals surface area contributed by atoms with E-state index in [1.165, 1.54) is 11.0 Å². The molecule has 1 amide bonds. The summed E-state index contributed by atoms with van der Waals surface area (Å²) >= 11 is 0.